The summed E-state index contributed by atoms with van der Waals surface area (Å²) in [4.78, 5) is 0. The first-order valence-electron chi connectivity index (χ1n) is 7.21. The molecule has 0 aliphatic rings. The predicted octanol–water partition coefficient (Wildman–Crippen LogP) is 1.85. The molecule has 1 unspecified atom stereocenters. The second-order valence-corrected chi connectivity index (χ2v) is 7.31. The molecule has 0 bridgehead atoms. The maximum atomic E-state index is 12.0. The van der Waals surface area contributed by atoms with Gasteiger partial charge in [-0.25, -0.2) is 13.1 Å². The van der Waals surface area contributed by atoms with Gasteiger partial charge >= 0.3 is 0 Å². The van der Waals surface area contributed by atoms with Gasteiger partial charge in [-0.1, -0.05) is 31.2 Å². The highest BCUT2D eigenvalue weighted by atomic mass is 32.2. The lowest BCUT2D eigenvalue weighted by atomic mass is 10.1. The molecule has 2 N–H and O–H groups in total. The topological polar surface area (TPSA) is 58.2 Å². The van der Waals surface area contributed by atoms with Gasteiger partial charge in [-0.15, -0.1) is 0 Å². The van der Waals surface area contributed by atoms with Crippen LogP contribution in [-0.2, 0) is 16.4 Å². The average molecular weight is 298 g/mol. The monoisotopic (exact) mass is 298 g/mol. The number of hydrogen-bond donors (Lipinski definition) is 2. The molecule has 0 aromatic heterocycles. The fourth-order valence-electron chi connectivity index (χ4n) is 1.95. The smallest absolute Gasteiger partial charge is 0.215 e. The fourth-order valence-corrected chi connectivity index (χ4v) is 2.96. The minimum absolute atomic E-state index is 0.411. The first kappa shape index (κ1) is 17.1. The summed E-state index contributed by atoms with van der Waals surface area (Å²) in [5, 5.41) is 2.73. The van der Waals surface area contributed by atoms with Gasteiger partial charge in [0, 0.05) is 13.1 Å². The van der Waals surface area contributed by atoms with E-state index < -0.39 is 15.3 Å². The van der Waals surface area contributed by atoms with E-state index in [1.807, 2.05) is 31.2 Å². The van der Waals surface area contributed by atoms with E-state index in [1.165, 1.54) is 11.1 Å². The van der Waals surface area contributed by atoms with E-state index in [4.69, 9.17) is 0 Å². The molecular formula is C15H26N2O2S. The molecule has 0 heterocycles. The average Bonchev–Trinajstić information content (AvgIpc) is 2.41. The lowest BCUT2D eigenvalue weighted by molar-refractivity contribution is 0.557. The molecule has 0 aliphatic heterocycles. The molecule has 0 aliphatic carbocycles. The van der Waals surface area contributed by atoms with E-state index in [2.05, 4.69) is 17.0 Å². The summed E-state index contributed by atoms with van der Waals surface area (Å²) >= 11 is 0. The van der Waals surface area contributed by atoms with Crippen molar-refractivity contribution in [2.45, 2.75) is 38.9 Å². The number of rotatable bonds is 9. The molecule has 1 aromatic rings. The molecule has 0 saturated carbocycles. The maximum Gasteiger partial charge on any atom is 0.215 e. The Balaban J connectivity index is 2.41. The summed E-state index contributed by atoms with van der Waals surface area (Å²) in [6, 6.07) is 8.05. The molecule has 20 heavy (non-hydrogen) atoms. The lowest BCUT2D eigenvalue weighted by Gasteiger charge is -2.15. The Kier molecular flexibility index (Phi) is 7.19. The maximum absolute atomic E-state index is 12.0. The van der Waals surface area contributed by atoms with Crippen LogP contribution in [0.4, 0.5) is 0 Å². The number of hydrogen-bond acceptors (Lipinski definition) is 3. The molecule has 0 radical (unpaired) electrons. The van der Waals surface area contributed by atoms with E-state index in [-0.39, 0.29) is 0 Å². The highest BCUT2D eigenvalue weighted by Gasteiger charge is 2.19. The normalized spacial score (nSPS) is 13.3. The van der Waals surface area contributed by atoms with Crippen LogP contribution in [0.25, 0.3) is 0 Å². The Hall–Kier alpha value is -0.910. The summed E-state index contributed by atoms with van der Waals surface area (Å²) in [5.41, 5.74) is 2.39. The molecule has 4 nitrogen and oxygen atoms in total. The molecule has 0 fully saturated rings. The molecule has 0 spiro atoms. The second kappa shape index (κ2) is 8.39. The van der Waals surface area contributed by atoms with Gasteiger partial charge in [0.2, 0.25) is 10.0 Å². The number of sulfonamides is 1. The summed E-state index contributed by atoms with van der Waals surface area (Å²) in [7, 11) is -3.24. The lowest BCUT2D eigenvalue weighted by Crippen LogP contribution is -2.39. The minimum Gasteiger partial charge on any atom is -0.315 e. The van der Waals surface area contributed by atoms with Gasteiger partial charge in [-0.05, 0) is 44.4 Å². The number of aryl methyl sites for hydroxylation is 1. The van der Waals surface area contributed by atoms with Crippen LogP contribution in [-0.4, -0.2) is 33.3 Å². The van der Waals surface area contributed by atoms with Gasteiger partial charge in [-0.3, -0.25) is 0 Å². The van der Waals surface area contributed by atoms with Crippen LogP contribution in [0.1, 0.15) is 31.4 Å². The zero-order valence-electron chi connectivity index (χ0n) is 12.6. The highest BCUT2D eigenvalue weighted by molar-refractivity contribution is 7.90. The summed E-state index contributed by atoms with van der Waals surface area (Å²) in [5.74, 6) is 0. The van der Waals surface area contributed by atoms with E-state index in [9.17, 15) is 8.42 Å². The van der Waals surface area contributed by atoms with Crippen LogP contribution in [0.2, 0.25) is 0 Å². The highest BCUT2D eigenvalue weighted by Crippen LogP contribution is 2.07. The van der Waals surface area contributed by atoms with Gasteiger partial charge in [0.15, 0.2) is 0 Å². The van der Waals surface area contributed by atoms with E-state index in [0.717, 1.165) is 19.4 Å². The predicted molar refractivity (Wildman–Crippen MR) is 84.4 cm³/mol. The van der Waals surface area contributed by atoms with Crippen molar-refractivity contribution in [2.24, 2.45) is 0 Å². The van der Waals surface area contributed by atoms with E-state index in [0.29, 0.717) is 13.1 Å². The van der Waals surface area contributed by atoms with Crippen molar-refractivity contribution in [3.8, 4) is 0 Å². The molecule has 1 aromatic carbocycles. The van der Waals surface area contributed by atoms with Crippen molar-refractivity contribution >= 4 is 10.0 Å². The first-order chi connectivity index (χ1) is 9.47. The molecule has 0 saturated heterocycles. The minimum atomic E-state index is -3.24. The first-order valence-corrected chi connectivity index (χ1v) is 8.75. The van der Waals surface area contributed by atoms with Crippen molar-refractivity contribution < 1.29 is 8.42 Å². The van der Waals surface area contributed by atoms with Crippen LogP contribution in [0.15, 0.2) is 24.3 Å². The quantitative estimate of drug-likeness (QED) is 0.684. The van der Waals surface area contributed by atoms with Crippen LogP contribution >= 0.6 is 0 Å². The largest absolute Gasteiger partial charge is 0.315 e. The third-order valence-corrected chi connectivity index (χ3v) is 5.18. The van der Waals surface area contributed by atoms with E-state index in [1.54, 1.807) is 6.92 Å². The fraction of sp³-hybridized carbons (Fsp3) is 0.600. The number of nitrogens with one attached hydrogen (secondary N) is 2. The van der Waals surface area contributed by atoms with Crippen LogP contribution in [0.3, 0.4) is 0 Å². The SMILES string of the molecule is CCCNCC(C)S(=O)(=O)NCCc1ccccc1C. The van der Waals surface area contributed by atoms with Gasteiger partial charge in [0.1, 0.15) is 0 Å². The van der Waals surface area contributed by atoms with E-state index >= 15 is 0 Å². The molecule has 114 valence electrons. The number of benzene rings is 1. The van der Waals surface area contributed by atoms with Gasteiger partial charge in [-0.2, -0.15) is 0 Å². The Bertz CT molecular complexity index is 500. The standard InChI is InChI=1S/C15H26N2O2S/c1-4-10-16-12-14(3)20(18,19)17-11-9-15-8-6-5-7-13(15)2/h5-8,14,16-17H,4,9-12H2,1-3H3. The second-order valence-electron chi connectivity index (χ2n) is 5.13. The van der Waals surface area contributed by atoms with Gasteiger partial charge < -0.3 is 5.32 Å². The third kappa shape index (κ3) is 5.61. The third-order valence-electron chi connectivity index (χ3n) is 3.35. The molecule has 1 rings (SSSR count). The van der Waals surface area contributed by atoms with Gasteiger partial charge in [0.25, 0.3) is 0 Å². The molecular weight excluding hydrogens is 272 g/mol. The molecule has 5 heteroatoms. The van der Waals surface area contributed by atoms with Crippen molar-refractivity contribution in [3.05, 3.63) is 35.4 Å². The Labute approximate surface area is 123 Å². The summed E-state index contributed by atoms with van der Waals surface area (Å²) in [6.45, 7) is 7.63. The van der Waals surface area contributed by atoms with Crippen molar-refractivity contribution in [1.29, 1.82) is 0 Å². The summed E-state index contributed by atoms with van der Waals surface area (Å²) in [6.07, 6.45) is 1.73. The summed E-state index contributed by atoms with van der Waals surface area (Å²) < 4.78 is 26.8. The Morgan fingerprint density at radius 2 is 1.90 bits per heavy atom. The molecule has 1 atom stereocenters. The van der Waals surface area contributed by atoms with Crippen molar-refractivity contribution in [1.82, 2.24) is 10.0 Å². The Morgan fingerprint density at radius 3 is 2.55 bits per heavy atom. The Morgan fingerprint density at radius 1 is 1.20 bits per heavy atom. The van der Waals surface area contributed by atoms with Crippen LogP contribution in [0.5, 0.6) is 0 Å². The zero-order chi connectivity index (χ0) is 15.0. The zero-order valence-corrected chi connectivity index (χ0v) is 13.5. The van der Waals surface area contributed by atoms with Crippen LogP contribution in [0, 0.1) is 6.92 Å². The molecule has 0 amide bonds. The van der Waals surface area contributed by atoms with Gasteiger partial charge in [0.05, 0.1) is 5.25 Å². The van der Waals surface area contributed by atoms with Crippen molar-refractivity contribution in [2.75, 3.05) is 19.6 Å². The van der Waals surface area contributed by atoms with Crippen LogP contribution < -0.4 is 10.0 Å². The van der Waals surface area contributed by atoms with Crippen molar-refractivity contribution in [3.63, 3.8) is 0 Å².